The fourth-order valence-corrected chi connectivity index (χ4v) is 3.74. The van der Waals surface area contributed by atoms with E-state index in [-0.39, 0.29) is 5.75 Å². The SMILES string of the molecule is CCC(CC)n1cnc2c(NCc3cc(I)ccc3O)nc(NCC(C)O)nc21. The standard InChI is InChI=1S/C20H27IN6O2/c1-4-15(5-2)27-11-24-17-18(22-10-13-8-14(21)6-7-16(13)29)25-20(26-19(17)27)23-9-12(3)28/h6-8,11-12,15,28-29H,4-5,9-10H2,1-3H3,(H2,22,23,25,26). The molecule has 0 saturated heterocycles. The molecule has 0 fully saturated rings. The molecule has 0 aliphatic rings. The molecule has 0 amide bonds. The Bertz CT molecular complexity index is 971. The summed E-state index contributed by atoms with van der Waals surface area (Å²) < 4.78 is 3.13. The van der Waals surface area contributed by atoms with Crippen LogP contribution in [0.25, 0.3) is 11.2 Å². The molecule has 3 aromatic rings. The number of anilines is 2. The number of aliphatic hydroxyl groups excluding tert-OH is 1. The Morgan fingerprint density at radius 1 is 1.17 bits per heavy atom. The molecule has 2 aromatic heterocycles. The lowest BCUT2D eigenvalue weighted by Gasteiger charge is -2.16. The van der Waals surface area contributed by atoms with Gasteiger partial charge in [-0.05, 0) is 60.6 Å². The molecule has 29 heavy (non-hydrogen) atoms. The molecular weight excluding hydrogens is 483 g/mol. The second-order valence-electron chi connectivity index (χ2n) is 7.05. The van der Waals surface area contributed by atoms with Crippen LogP contribution in [0.2, 0.25) is 0 Å². The number of imidazole rings is 1. The number of phenols is 1. The van der Waals surface area contributed by atoms with Gasteiger partial charge in [-0.25, -0.2) is 4.98 Å². The number of halogens is 1. The van der Waals surface area contributed by atoms with Gasteiger partial charge in [-0.1, -0.05) is 13.8 Å². The first-order valence-corrected chi connectivity index (χ1v) is 10.9. The predicted octanol–water partition coefficient (Wildman–Crippen LogP) is 3.90. The third-order valence-corrected chi connectivity index (χ3v) is 5.47. The summed E-state index contributed by atoms with van der Waals surface area (Å²) >= 11 is 2.22. The maximum atomic E-state index is 10.1. The van der Waals surface area contributed by atoms with E-state index in [1.807, 2.05) is 18.5 Å². The van der Waals surface area contributed by atoms with E-state index in [1.165, 1.54) is 0 Å². The Balaban J connectivity index is 1.98. The summed E-state index contributed by atoms with van der Waals surface area (Å²) in [5, 5.41) is 26.1. The van der Waals surface area contributed by atoms with Gasteiger partial charge in [0.05, 0.1) is 12.4 Å². The van der Waals surface area contributed by atoms with E-state index < -0.39 is 6.10 Å². The fourth-order valence-electron chi connectivity index (χ4n) is 3.18. The van der Waals surface area contributed by atoms with Crippen LogP contribution in [0.15, 0.2) is 24.5 Å². The first-order valence-electron chi connectivity index (χ1n) is 9.80. The minimum atomic E-state index is -0.516. The summed E-state index contributed by atoms with van der Waals surface area (Å²) in [6, 6.07) is 5.77. The number of benzene rings is 1. The number of aromatic nitrogens is 4. The zero-order valence-corrected chi connectivity index (χ0v) is 19.0. The lowest BCUT2D eigenvalue weighted by molar-refractivity contribution is 0.208. The van der Waals surface area contributed by atoms with Gasteiger partial charge in [-0.3, -0.25) is 0 Å². The van der Waals surface area contributed by atoms with Gasteiger partial charge in [0, 0.05) is 28.3 Å². The maximum Gasteiger partial charge on any atom is 0.226 e. The van der Waals surface area contributed by atoms with E-state index in [0.29, 0.717) is 36.4 Å². The first kappa shape index (κ1) is 21.6. The Hall–Kier alpha value is -2.14. The van der Waals surface area contributed by atoms with Crippen LogP contribution in [0.3, 0.4) is 0 Å². The smallest absolute Gasteiger partial charge is 0.226 e. The number of nitrogens with zero attached hydrogens (tertiary/aromatic N) is 4. The van der Waals surface area contributed by atoms with Crippen LogP contribution in [0.1, 0.15) is 45.2 Å². The lowest BCUT2D eigenvalue weighted by Crippen LogP contribution is -2.18. The van der Waals surface area contributed by atoms with Crippen LogP contribution in [-0.2, 0) is 6.54 Å². The highest BCUT2D eigenvalue weighted by molar-refractivity contribution is 14.1. The average molecular weight is 510 g/mol. The zero-order valence-electron chi connectivity index (χ0n) is 16.9. The molecular formula is C20H27IN6O2. The summed E-state index contributed by atoms with van der Waals surface area (Å²) in [7, 11) is 0. The van der Waals surface area contributed by atoms with E-state index in [2.05, 4.69) is 66.6 Å². The normalized spacial score (nSPS) is 12.5. The number of rotatable bonds is 9. The lowest BCUT2D eigenvalue weighted by atomic mass is 10.2. The van der Waals surface area contributed by atoms with Crippen molar-refractivity contribution in [3.8, 4) is 5.75 Å². The van der Waals surface area contributed by atoms with Crippen LogP contribution in [0.4, 0.5) is 11.8 Å². The van der Waals surface area contributed by atoms with Crippen LogP contribution in [0.5, 0.6) is 5.75 Å². The molecule has 1 unspecified atom stereocenters. The highest BCUT2D eigenvalue weighted by atomic mass is 127. The fraction of sp³-hybridized carbons (Fsp3) is 0.450. The number of phenolic OH excluding ortho intramolecular Hbond substituents is 1. The van der Waals surface area contributed by atoms with Gasteiger partial charge in [0.25, 0.3) is 0 Å². The van der Waals surface area contributed by atoms with Crippen molar-refractivity contribution >= 4 is 45.5 Å². The molecule has 9 heteroatoms. The Labute approximate surface area is 183 Å². The van der Waals surface area contributed by atoms with Crippen molar-refractivity contribution in [3.05, 3.63) is 33.7 Å². The van der Waals surface area contributed by atoms with Crippen LogP contribution in [-0.4, -0.2) is 42.4 Å². The minimum absolute atomic E-state index is 0.234. The van der Waals surface area contributed by atoms with Crippen LogP contribution in [0, 0.1) is 3.57 Å². The quantitative estimate of drug-likeness (QED) is 0.324. The molecule has 0 bridgehead atoms. The molecule has 0 spiro atoms. The van der Waals surface area contributed by atoms with Gasteiger partial charge < -0.3 is 25.4 Å². The zero-order chi connectivity index (χ0) is 21.0. The molecule has 0 radical (unpaired) electrons. The van der Waals surface area contributed by atoms with Gasteiger partial charge in [0.2, 0.25) is 5.95 Å². The molecule has 156 valence electrons. The van der Waals surface area contributed by atoms with Gasteiger partial charge in [-0.15, -0.1) is 0 Å². The highest BCUT2D eigenvalue weighted by Gasteiger charge is 2.17. The van der Waals surface area contributed by atoms with Crippen molar-refractivity contribution in [3.63, 3.8) is 0 Å². The highest BCUT2D eigenvalue weighted by Crippen LogP contribution is 2.27. The van der Waals surface area contributed by atoms with E-state index >= 15 is 0 Å². The van der Waals surface area contributed by atoms with Crippen LogP contribution < -0.4 is 10.6 Å². The number of hydrogen-bond donors (Lipinski definition) is 4. The summed E-state index contributed by atoms with van der Waals surface area (Å²) in [6.45, 7) is 6.75. The minimum Gasteiger partial charge on any atom is -0.508 e. The number of aromatic hydroxyl groups is 1. The molecule has 2 heterocycles. The molecule has 0 aliphatic carbocycles. The topological polar surface area (TPSA) is 108 Å². The third-order valence-electron chi connectivity index (χ3n) is 4.80. The van der Waals surface area contributed by atoms with E-state index in [4.69, 9.17) is 0 Å². The molecule has 3 rings (SSSR count). The number of aliphatic hydroxyl groups is 1. The van der Waals surface area contributed by atoms with Gasteiger partial charge >= 0.3 is 0 Å². The predicted molar refractivity (Wildman–Crippen MR) is 123 cm³/mol. The number of fused-ring (bicyclic) bond motifs is 1. The second-order valence-corrected chi connectivity index (χ2v) is 8.29. The Kier molecular flexibility index (Phi) is 7.12. The summed E-state index contributed by atoms with van der Waals surface area (Å²) in [6.07, 6.45) is 3.24. The molecule has 4 N–H and O–H groups in total. The first-order chi connectivity index (χ1) is 13.9. The number of hydrogen-bond acceptors (Lipinski definition) is 7. The largest absolute Gasteiger partial charge is 0.508 e. The monoisotopic (exact) mass is 510 g/mol. The summed E-state index contributed by atoms with van der Waals surface area (Å²) in [5.41, 5.74) is 2.21. The molecule has 0 aliphatic heterocycles. The molecule has 0 saturated carbocycles. The van der Waals surface area contributed by atoms with Crippen molar-refractivity contribution in [2.45, 2.75) is 52.3 Å². The average Bonchev–Trinajstić information content (AvgIpc) is 3.12. The van der Waals surface area contributed by atoms with E-state index in [9.17, 15) is 10.2 Å². The third kappa shape index (κ3) is 5.08. The van der Waals surface area contributed by atoms with Gasteiger partial charge in [-0.2, -0.15) is 9.97 Å². The molecule has 8 nitrogen and oxygen atoms in total. The van der Waals surface area contributed by atoms with Crippen molar-refractivity contribution < 1.29 is 10.2 Å². The van der Waals surface area contributed by atoms with Crippen molar-refractivity contribution in [2.75, 3.05) is 17.2 Å². The molecule has 1 atom stereocenters. The summed E-state index contributed by atoms with van der Waals surface area (Å²) in [4.78, 5) is 13.8. The van der Waals surface area contributed by atoms with Crippen molar-refractivity contribution in [2.24, 2.45) is 0 Å². The summed E-state index contributed by atoms with van der Waals surface area (Å²) in [5.74, 6) is 1.25. The Morgan fingerprint density at radius 3 is 2.62 bits per heavy atom. The molecule has 1 aromatic carbocycles. The van der Waals surface area contributed by atoms with Crippen molar-refractivity contribution in [1.29, 1.82) is 0 Å². The van der Waals surface area contributed by atoms with E-state index in [0.717, 1.165) is 27.6 Å². The van der Waals surface area contributed by atoms with Gasteiger partial charge in [0.15, 0.2) is 17.0 Å². The van der Waals surface area contributed by atoms with Gasteiger partial charge in [0.1, 0.15) is 5.75 Å². The van der Waals surface area contributed by atoms with Crippen LogP contribution >= 0.6 is 22.6 Å². The Morgan fingerprint density at radius 2 is 1.93 bits per heavy atom. The second kappa shape index (κ2) is 9.57. The number of nitrogens with one attached hydrogen (secondary N) is 2. The van der Waals surface area contributed by atoms with E-state index in [1.54, 1.807) is 13.0 Å². The van der Waals surface area contributed by atoms with Crippen molar-refractivity contribution in [1.82, 2.24) is 19.5 Å². The maximum absolute atomic E-state index is 10.1.